The molecular weight excluding hydrogens is 254 g/mol. The second-order valence-electron chi connectivity index (χ2n) is 6.21. The van der Waals surface area contributed by atoms with E-state index in [2.05, 4.69) is 36.0 Å². The largest absolute Gasteiger partial charge is 0.365 e. The van der Waals surface area contributed by atoms with E-state index in [1.165, 1.54) is 43.9 Å². The molecule has 2 aliphatic heterocycles. The van der Waals surface area contributed by atoms with Crippen molar-refractivity contribution in [2.75, 3.05) is 26.2 Å². The van der Waals surface area contributed by atoms with E-state index in [-0.39, 0.29) is 0 Å². The van der Waals surface area contributed by atoms with Crippen LogP contribution in [0.1, 0.15) is 46.5 Å². The first kappa shape index (κ1) is 15.2. The zero-order chi connectivity index (χ0) is 13.7. The summed E-state index contributed by atoms with van der Waals surface area (Å²) in [4.78, 5) is 7.24. The Morgan fingerprint density at radius 3 is 2.95 bits per heavy atom. The van der Waals surface area contributed by atoms with E-state index in [1.54, 1.807) is 0 Å². The van der Waals surface area contributed by atoms with Gasteiger partial charge in [0, 0.05) is 24.4 Å². The van der Waals surface area contributed by atoms with E-state index in [0.29, 0.717) is 5.25 Å². The number of hydrogen-bond acceptors (Lipinski definition) is 4. The summed E-state index contributed by atoms with van der Waals surface area (Å²) in [6, 6.07) is 0.789. The van der Waals surface area contributed by atoms with Gasteiger partial charge in [0.2, 0.25) is 0 Å². The van der Waals surface area contributed by atoms with Gasteiger partial charge in [0.1, 0.15) is 0 Å². The predicted octanol–water partition coefficient (Wildman–Crippen LogP) is 2.97. The highest BCUT2D eigenvalue weighted by Gasteiger charge is 2.22. The van der Waals surface area contributed by atoms with Crippen LogP contribution in [-0.4, -0.2) is 47.5 Å². The van der Waals surface area contributed by atoms with E-state index in [1.807, 2.05) is 11.8 Å². The van der Waals surface area contributed by atoms with Gasteiger partial charge >= 0.3 is 0 Å². The minimum Gasteiger partial charge on any atom is -0.365 e. The van der Waals surface area contributed by atoms with Crippen molar-refractivity contribution in [1.82, 2.24) is 10.2 Å². The van der Waals surface area contributed by atoms with Gasteiger partial charge in [-0.05, 0) is 38.6 Å². The van der Waals surface area contributed by atoms with Crippen LogP contribution in [0.3, 0.4) is 0 Å². The summed E-state index contributed by atoms with van der Waals surface area (Å²) in [7, 11) is 0. The lowest BCUT2D eigenvalue weighted by molar-refractivity contribution is 0.159. The van der Waals surface area contributed by atoms with Crippen LogP contribution in [0.5, 0.6) is 0 Å². The smallest absolute Gasteiger partial charge is 0.156 e. The molecule has 1 saturated heterocycles. The molecule has 2 atom stereocenters. The average Bonchev–Trinajstić information content (AvgIpc) is 2.85. The molecule has 19 heavy (non-hydrogen) atoms. The lowest BCUT2D eigenvalue weighted by Crippen LogP contribution is -2.39. The molecule has 2 aliphatic rings. The summed E-state index contributed by atoms with van der Waals surface area (Å²) in [5.74, 6) is 0.724. The van der Waals surface area contributed by atoms with Crippen LogP contribution >= 0.6 is 11.8 Å². The number of likely N-dealkylation sites (tertiary alicyclic amines) is 1. The van der Waals surface area contributed by atoms with Gasteiger partial charge < -0.3 is 10.2 Å². The molecule has 110 valence electrons. The molecule has 2 heterocycles. The highest BCUT2D eigenvalue weighted by molar-refractivity contribution is 8.14. The highest BCUT2D eigenvalue weighted by atomic mass is 32.2. The molecule has 0 aliphatic carbocycles. The maximum atomic E-state index is 4.59. The number of nitrogens with zero attached hydrogens (tertiary/aromatic N) is 2. The van der Waals surface area contributed by atoms with Gasteiger partial charge in [-0.2, -0.15) is 0 Å². The zero-order valence-corrected chi connectivity index (χ0v) is 13.5. The highest BCUT2D eigenvalue weighted by Crippen LogP contribution is 2.25. The SMILES string of the molecule is CC(C)C1CN=C(NCCCN2CCCCC2C)S1. The Morgan fingerprint density at radius 1 is 1.42 bits per heavy atom. The van der Waals surface area contributed by atoms with Crippen LogP contribution in [0.4, 0.5) is 0 Å². The summed E-state index contributed by atoms with van der Waals surface area (Å²) in [6.45, 7) is 11.5. The summed E-state index contributed by atoms with van der Waals surface area (Å²) < 4.78 is 0. The molecule has 0 bridgehead atoms. The van der Waals surface area contributed by atoms with Crippen molar-refractivity contribution in [1.29, 1.82) is 0 Å². The van der Waals surface area contributed by atoms with Crippen molar-refractivity contribution in [2.24, 2.45) is 10.9 Å². The first-order valence-corrected chi connectivity index (χ1v) is 8.74. The maximum Gasteiger partial charge on any atom is 0.156 e. The maximum absolute atomic E-state index is 4.59. The number of amidine groups is 1. The fourth-order valence-corrected chi connectivity index (χ4v) is 3.85. The number of aliphatic imine (C=N–C) groups is 1. The molecule has 0 saturated carbocycles. The molecule has 0 spiro atoms. The van der Waals surface area contributed by atoms with Gasteiger partial charge in [0.25, 0.3) is 0 Å². The molecule has 0 aromatic heterocycles. The van der Waals surface area contributed by atoms with Crippen LogP contribution in [0, 0.1) is 5.92 Å². The molecule has 3 nitrogen and oxygen atoms in total. The number of hydrogen-bond donors (Lipinski definition) is 1. The zero-order valence-electron chi connectivity index (χ0n) is 12.7. The number of rotatable bonds is 5. The van der Waals surface area contributed by atoms with Gasteiger partial charge in [-0.3, -0.25) is 4.99 Å². The van der Waals surface area contributed by atoms with Crippen molar-refractivity contribution in [2.45, 2.75) is 57.7 Å². The second kappa shape index (κ2) is 7.53. The number of nitrogens with one attached hydrogen (secondary N) is 1. The Balaban J connectivity index is 1.57. The third-order valence-electron chi connectivity index (χ3n) is 4.26. The quantitative estimate of drug-likeness (QED) is 0.786. The predicted molar refractivity (Wildman–Crippen MR) is 86.0 cm³/mol. The van der Waals surface area contributed by atoms with E-state index in [9.17, 15) is 0 Å². The topological polar surface area (TPSA) is 27.6 Å². The molecule has 2 rings (SSSR count). The molecule has 4 heteroatoms. The lowest BCUT2D eigenvalue weighted by atomic mass is 10.0. The molecule has 2 unspecified atom stereocenters. The summed E-state index contributed by atoms with van der Waals surface area (Å²) >= 11 is 1.93. The summed E-state index contributed by atoms with van der Waals surface area (Å²) in [5, 5.41) is 5.36. The average molecular weight is 283 g/mol. The Morgan fingerprint density at radius 2 is 2.26 bits per heavy atom. The normalized spacial score (nSPS) is 28.7. The van der Waals surface area contributed by atoms with Crippen molar-refractivity contribution in [3.05, 3.63) is 0 Å². The Hall–Kier alpha value is -0.220. The first-order valence-electron chi connectivity index (χ1n) is 7.86. The minimum absolute atomic E-state index is 0.685. The fraction of sp³-hybridized carbons (Fsp3) is 0.933. The minimum atomic E-state index is 0.685. The van der Waals surface area contributed by atoms with E-state index in [0.717, 1.165) is 25.0 Å². The third-order valence-corrected chi connectivity index (χ3v) is 5.75. The third kappa shape index (κ3) is 4.67. The Bertz CT molecular complexity index is 304. The molecule has 0 aromatic rings. The van der Waals surface area contributed by atoms with Crippen molar-refractivity contribution >= 4 is 16.9 Å². The van der Waals surface area contributed by atoms with Gasteiger partial charge in [-0.25, -0.2) is 0 Å². The summed E-state index contributed by atoms with van der Waals surface area (Å²) in [6.07, 6.45) is 5.42. The monoisotopic (exact) mass is 283 g/mol. The van der Waals surface area contributed by atoms with Gasteiger partial charge in [-0.15, -0.1) is 0 Å². The number of thioether (sulfide) groups is 1. The molecular formula is C15H29N3S. The molecule has 0 radical (unpaired) electrons. The van der Waals surface area contributed by atoms with Crippen LogP contribution in [-0.2, 0) is 0 Å². The van der Waals surface area contributed by atoms with Crippen LogP contribution < -0.4 is 5.32 Å². The second-order valence-corrected chi connectivity index (χ2v) is 7.44. The van der Waals surface area contributed by atoms with Crippen molar-refractivity contribution < 1.29 is 0 Å². The van der Waals surface area contributed by atoms with Gasteiger partial charge in [0.05, 0.1) is 6.54 Å². The van der Waals surface area contributed by atoms with Crippen LogP contribution in [0.15, 0.2) is 4.99 Å². The fourth-order valence-electron chi connectivity index (χ4n) is 2.80. The molecule has 1 fully saturated rings. The van der Waals surface area contributed by atoms with E-state index >= 15 is 0 Å². The van der Waals surface area contributed by atoms with Crippen molar-refractivity contribution in [3.8, 4) is 0 Å². The Labute approximate surface area is 122 Å². The van der Waals surface area contributed by atoms with Crippen molar-refractivity contribution in [3.63, 3.8) is 0 Å². The first-order chi connectivity index (χ1) is 9.16. The standard InChI is InChI=1S/C15H29N3S/c1-12(2)14-11-17-15(19-14)16-8-6-10-18-9-5-4-7-13(18)3/h12-14H,4-11H2,1-3H3,(H,16,17). The molecule has 0 aromatic carbocycles. The van der Waals surface area contributed by atoms with Crippen LogP contribution in [0.25, 0.3) is 0 Å². The number of piperidine rings is 1. The molecule has 0 amide bonds. The van der Waals surface area contributed by atoms with Gasteiger partial charge in [-0.1, -0.05) is 32.0 Å². The molecule has 1 N–H and O–H groups in total. The summed E-state index contributed by atoms with van der Waals surface area (Å²) in [5.41, 5.74) is 0. The lowest BCUT2D eigenvalue weighted by Gasteiger charge is -2.33. The Kier molecular flexibility index (Phi) is 6.02. The van der Waals surface area contributed by atoms with E-state index < -0.39 is 0 Å². The van der Waals surface area contributed by atoms with E-state index in [4.69, 9.17) is 0 Å². The van der Waals surface area contributed by atoms with Crippen LogP contribution in [0.2, 0.25) is 0 Å². The van der Waals surface area contributed by atoms with Gasteiger partial charge in [0.15, 0.2) is 5.17 Å².